The molecule has 0 unspecified atom stereocenters. The first-order chi connectivity index (χ1) is 14.4. The van der Waals surface area contributed by atoms with Gasteiger partial charge in [0.05, 0.1) is 21.8 Å². The van der Waals surface area contributed by atoms with Gasteiger partial charge in [-0.1, -0.05) is 25.1 Å². The summed E-state index contributed by atoms with van der Waals surface area (Å²) in [5.74, 6) is 1.02. The maximum Gasteiger partial charge on any atom is 0.175 e. The van der Waals surface area contributed by atoms with Crippen LogP contribution in [0, 0.1) is 11.3 Å². The molecule has 0 aliphatic rings. The molecule has 2 aromatic heterocycles. The molecule has 6 nitrogen and oxygen atoms in total. The van der Waals surface area contributed by atoms with E-state index < -0.39 is 9.84 Å². The lowest BCUT2D eigenvalue weighted by Gasteiger charge is -2.10. The number of nitriles is 1. The molecule has 0 spiro atoms. The van der Waals surface area contributed by atoms with Crippen LogP contribution >= 0.6 is 0 Å². The molecular formula is C23H19N3O3S. The van der Waals surface area contributed by atoms with E-state index in [0.29, 0.717) is 29.1 Å². The van der Waals surface area contributed by atoms with Gasteiger partial charge in [-0.2, -0.15) is 5.26 Å². The number of pyridine rings is 1. The maximum atomic E-state index is 11.8. The van der Waals surface area contributed by atoms with Crippen LogP contribution in [0.4, 0.5) is 0 Å². The van der Waals surface area contributed by atoms with Gasteiger partial charge in [0, 0.05) is 18.0 Å². The Kier molecular flexibility index (Phi) is 5.02. The summed E-state index contributed by atoms with van der Waals surface area (Å²) in [6.07, 6.45) is 3.77. The van der Waals surface area contributed by atoms with Crippen molar-refractivity contribution in [2.45, 2.75) is 18.2 Å². The number of rotatable bonds is 5. The van der Waals surface area contributed by atoms with Crippen LogP contribution in [-0.2, 0) is 16.3 Å². The number of fused-ring (bicyclic) bond motifs is 1. The van der Waals surface area contributed by atoms with Crippen LogP contribution in [0.25, 0.3) is 16.9 Å². The molecule has 0 bridgehead atoms. The Hall–Kier alpha value is -3.63. The van der Waals surface area contributed by atoms with E-state index in [4.69, 9.17) is 4.74 Å². The standard InChI is InChI=1S/C23H19N3O3S/c1-3-21-22(26-12-6-8-17(15-24)23(26)25-21)16-7-4-9-18(13-16)29-19-10-5-11-20(14-19)30(2,27)28/h4-14H,3H2,1-2H3. The van der Waals surface area contributed by atoms with Gasteiger partial charge in [-0.25, -0.2) is 13.4 Å². The van der Waals surface area contributed by atoms with E-state index in [1.54, 1.807) is 18.2 Å². The summed E-state index contributed by atoms with van der Waals surface area (Å²) in [6, 6.07) is 19.7. The predicted octanol–water partition coefficient (Wildman–Crippen LogP) is 4.63. The number of aromatic nitrogens is 2. The number of hydrogen-bond acceptors (Lipinski definition) is 5. The van der Waals surface area contributed by atoms with Crippen molar-refractivity contribution in [1.82, 2.24) is 9.38 Å². The third-order valence-corrected chi connectivity index (χ3v) is 5.86. The van der Waals surface area contributed by atoms with Crippen LogP contribution in [0.1, 0.15) is 18.2 Å². The summed E-state index contributed by atoms with van der Waals surface area (Å²) in [7, 11) is -3.32. The first-order valence-corrected chi connectivity index (χ1v) is 11.3. The van der Waals surface area contributed by atoms with Gasteiger partial charge in [0.25, 0.3) is 0 Å². The van der Waals surface area contributed by atoms with Gasteiger partial charge in [-0.05, 0) is 48.9 Å². The minimum atomic E-state index is -3.32. The number of ether oxygens (including phenoxy) is 1. The van der Waals surface area contributed by atoms with Gasteiger partial charge in [-0.3, -0.25) is 4.40 Å². The highest BCUT2D eigenvalue weighted by atomic mass is 32.2. The molecule has 4 rings (SSSR count). The fraction of sp³-hybridized carbons (Fsp3) is 0.130. The fourth-order valence-corrected chi connectivity index (χ4v) is 4.02. The van der Waals surface area contributed by atoms with Crippen molar-refractivity contribution in [2.75, 3.05) is 6.26 Å². The Labute approximate surface area is 174 Å². The number of benzene rings is 2. The summed E-state index contributed by atoms with van der Waals surface area (Å²) >= 11 is 0. The number of nitrogens with zero attached hydrogens (tertiary/aromatic N) is 3. The molecule has 0 amide bonds. The molecule has 0 saturated carbocycles. The number of sulfone groups is 1. The molecule has 0 radical (unpaired) electrons. The zero-order chi connectivity index (χ0) is 21.3. The lowest BCUT2D eigenvalue weighted by molar-refractivity contribution is 0.481. The van der Waals surface area contributed by atoms with Gasteiger partial charge >= 0.3 is 0 Å². The summed E-state index contributed by atoms with van der Waals surface area (Å²) in [5, 5.41) is 9.40. The van der Waals surface area contributed by atoms with Crippen molar-refractivity contribution >= 4 is 15.5 Å². The normalized spacial score (nSPS) is 11.4. The molecule has 4 aromatic rings. The minimum Gasteiger partial charge on any atom is -0.457 e. The van der Waals surface area contributed by atoms with E-state index in [1.165, 1.54) is 18.4 Å². The second-order valence-corrected chi connectivity index (χ2v) is 8.88. The average Bonchev–Trinajstić information content (AvgIpc) is 3.12. The van der Waals surface area contributed by atoms with Crippen LogP contribution in [-0.4, -0.2) is 24.1 Å². The first kappa shape index (κ1) is 19.7. The van der Waals surface area contributed by atoms with Crippen molar-refractivity contribution in [1.29, 1.82) is 5.26 Å². The van der Waals surface area contributed by atoms with Crippen molar-refractivity contribution < 1.29 is 13.2 Å². The molecular weight excluding hydrogens is 398 g/mol. The first-order valence-electron chi connectivity index (χ1n) is 9.39. The Bertz CT molecular complexity index is 1400. The van der Waals surface area contributed by atoms with E-state index in [1.807, 2.05) is 47.9 Å². The van der Waals surface area contributed by atoms with Crippen LogP contribution < -0.4 is 4.74 Å². The smallest absolute Gasteiger partial charge is 0.175 e. The monoisotopic (exact) mass is 417 g/mol. The highest BCUT2D eigenvalue weighted by molar-refractivity contribution is 7.90. The molecule has 0 atom stereocenters. The van der Waals surface area contributed by atoms with Crippen LogP contribution in [0.2, 0.25) is 0 Å². The number of hydrogen-bond donors (Lipinski definition) is 0. The van der Waals surface area contributed by atoms with Crippen molar-refractivity contribution in [3.63, 3.8) is 0 Å². The molecule has 150 valence electrons. The van der Waals surface area contributed by atoms with Gasteiger partial charge in [-0.15, -0.1) is 0 Å². The van der Waals surface area contributed by atoms with Crippen LogP contribution in [0.5, 0.6) is 11.5 Å². The third-order valence-electron chi connectivity index (χ3n) is 4.75. The molecule has 30 heavy (non-hydrogen) atoms. The molecule has 0 saturated heterocycles. The van der Waals surface area contributed by atoms with Crippen molar-refractivity contribution in [3.8, 4) is 28.8 Å². The molecule has 7 heteroatoms. The van der Waals surface area contributed by atoms with Gasteiger partial charge in [0.15, 0.2) is 15.5 Å². The highest BCUT2D eigenvalue weighted by Gasteiger charge is 2.16. The Morgan fingerprint density at radius 3 is 2.50 bits per heavy atom. The topological polar surface area (TPSA) is 84.5 Å². The van der Waals surface area contributed by atoms with Crippen LogP contribution in [0.15, 0.2) is 71.8 Å². The molecule has 2 heterocycles. The summed E-state index contributed by atoms with van der Waals surface area (Å²) in [6.45, 7) is 2.02. The van der Waals surface area contributed by atoms with E-state index >= 15 is 0 Å². The summed E-state index contributed by atoms with van der Waals surface area (Å²) < 4.78 is 31.5. The number of imidazole rings is 1. The second-order valence-electron chi connectivity index (χ2n) is 6.86. The van der Waals surface area contributed by atoms with Crippen molar-refractivity contribution in [3.05, 3.63) is 78.1 Å². The Morgan fingerprint density at radius 1 is 1.07 bits per heavy atom. The Morgan fingerprint density at radius 2 is 1.80 bits per heavy atom. The molecule has 0 fully saturated rings. The highest BCUT2D eigenvalue weighted by Crippen LogP contribution is 2.31. The van der Waals surface area contributed by atoms with E-state index in [2.05, 4.69) is 11.1 Å². The van der Waals surface area contributed by atoms with Gasteiger partial charge < -0.3 is 4.74 Å². The number of aryl methyl sites for hydroxylation is 1. The molecule has 0 N–H and O–H groups in total. The largest absolute Gasteiger partial charge is 0.457 e. The van der Waals surface area contributed by atoms with E-state index in [-0.39, 0.29) is 4.90 Å². The zero-order valence-electron chi connectivity index (χ0n) is 16.5. The van der Waals surface area contributed by atoms with E-state index in [9.17, 15) is 13.7 Å². The third kappa shape index (κ3) is 3.65. The van der Waals surface area contributed by atoms with Crippen molar-refractivity contribution in [2.24, 2.45) is 0 Å². The van der Waals surface area contributed by atoms with Gasteiger partial charge in [0.2, 0.25) is 0 Å². The molecule has 0 aliphatic heterocycles. The summed E-state index contributed by atoms with van der Waals surface area (Å²) in [4.78, 5) is 4.87. The van der Waals surface area contributed by atoms with Crippen LogP contribution in [0.3, 0.4) is 0 Å². The van der Waals surface area contributed by atoms with E-state index in [0.717, 1.165) is 17.0 Å². The maximum absolute atomic E-state index is 11.8. The minimum absolute atomic E-state index is 0.204. The molecule has 0 aliphatic carbocycles. The predicted molar refractivity (Wildman–Crippen MR) is 114 cm³/mol. The quantitative estimate of drug-likeness (QED) is 0.473. The fourth-order valence-electron chi connectivity index (χ4n) is 3.37. The lowest BCUT2D eigenvalue weighted by Crippen LogP contribution is -1.97. The average molecular weight is 417 g/mol. The zero-order valence-corrected chi connectivity index (χ0v) is 17.3. The SMILES string of the molecule is CCc1nc2c(C#N)cccn2c1-c1cccc(Oc2cccc(S(C)(=O)=O)c2)c1. The molecule has 2 aromatic carbocycles. The Balaban J connectivity index is 1.78. The van der Waals surface area contributed by atoms with Gasteiger partial charge in [0.1, 0.15) is 17.6 Å². The summed E-state index contributed by atoms with van der Waals surface area (Å²) in [5.41, 5.74) is 3.82. The lowest BCUT2D eigenvalue weighted by atomic mass is 10.1. The second kappa shape index (κ2) is 7.65.